The standard InChI is InChI=1S/C9H13BrN2/c1-8(10)6-11-7-9-4-3-5-12(9)2/h3-5,11H,1,6-7H2,2H3. The van der Waals surface area contributed by atoms with Crippen LogP contribution in [0, 0.1) is 0 Å². The minimum Gasteiger partial charge on any atom is -0.353 e. The third kappa shape index (κ3) is 2.83. The zero-order valence-corrected chi connectivity index (χ0v) is 8.76. The summed E-state index contributed by atoms with van der Waals surface area (Å²) >= 11 is 3.29. The summed E-state index contributed by atoms with van der Waals surface area (Å²) in [6.45, 7) is 5.44. The number of nitrogens with one attached hydrogen (secondary N) is 1. The molecular formula is C9H13BrN2. The number of hydrogen-bond donors (Lipinski definition) is 1. The van der Waals surface area contributed by atoms with Crippen LogP contribution in [0.15, 0.2) is 29.4 Å². The highest BCUT2D eigenvalue weighted by molar-refractivity contribution is 9.11. The summed E-state index contributed by atoms with van der Waals surface area (Å²) in [6, 6.07) is 4.14. The first-order chi connectivity index (χ1) is 5.70. The fraction of sp³-hybridized carbons (Fsp3) is 0.333. The SMILES string of the molecule is C=C(Br)CNCc1cccn1C. The molecule has 3 heteroatoms. The van der Waals surface area contributed by atoms with Gasteiger partial charge in [-0.3, -0.25) is 0 Å². The molecule has 0 spiro atoms. The average molecular weight is 229 g/mol. The van der Waals surface area contributed by atoms with Crippen molar-refractivity contribution in [3.05, 3.63) is 35.1 Å². The predicted molar refractivity (Wildman–Crippen MR) is 55.2 cm³/mol. The number of aromatic nitrogens is 1. The molecule has 0 amide bonds. The Bertz CT molecular complexity index is 265. The minimum atomic E-state index is 0.811. The fourth-order valence-electron chi connectivity index (χ4n) is 1.01. The van der Waals surface area contributed by atoms with E-state index in [1.54, 1.807) is 0 Å². The first-order valence-electron chi connectivity index (χ1n) is 3.84. The Hall–Kier alpha value is -0.540. The Kier molecular flexibility index (Phi) is 3.56. The lowest BCUT2D eigenvalue weighted by Gasteiger charge is -2.04. The molecule has 0 bridgehead atoms. The maximum Gasteiger partial charge on any atom is 0.0362 e. The molecule has 0 saturated carbocycles. The molecule has 0 fully saturated rings. The number of nitrogens with zero attached hydrogens (tertiary/aromatic N) is 1. The molecule has 0 aliphatic rings. The normalized spacial score (nSPS) is 10.2. The molecule has 12 heavy (non-hydrogen) atoms. The monoisotopic (exact) mass is 228 g/mol. The van der Waals surface area contributed by atoms with E-state index in [0.29, 0.717) is 0 Å². The lowest BCUT2D eigenvalue weighted by Crippen LogP contribution is -2.16. The van der Waals surface area contributed by atoms with Crippen LogP contribution in [0.1, 0.15) is 5.69 Å². The summed E-state index contributed by atoms with van der Waals surface area (Å²) in [5.74, 6) is 0. The van der Waals surface area contributed by atoms with Crippen LogP contribution in [-0.2, 0) is 13.6 Å². The molecule has 0 aliphatic heterocycles. The Morgan fingerprint density at radius 1 is 1.75 bits per heavy atom. The lowest BCUT2D eigenvalue weighted by atomic mass is 10.4. The second-order valence-corrected chi connectivity index (χ2v) is 3.85. The number of aryl methyl sites for hydroxylation is 1. The summed E-state index contributed by atoms with van der Waals surface area (Å²) in [6.07, 6.45) is 2.04. The first kappa shape index (κ1) is 9.55. The molecular weight excluding hydrogens is 216 g/mol. The largest absolute Gasteiger partial charge is 0.353 e. The van der Waals surface area contributed by atoms with E-state index in [0.717, 1.165) is 17.6 Å². The van der Waals surface area contributed by atoms with Gasteiger partial charge >= 0.3 is 0 Å². The second-order valence-electron chi connectivity index (χ2n) is 2.73. The fourth-order valence-corrected chi connectivity index (χ4v) is 1.20. The second kappa shape index (κ2) is 4.48. The number of hydrogen-bond acceptors (Lipinski definition) is 1. The summed E-state index contributed by atoms with van der Waals surface area (Å²) in [5.41, 5.74) is 1.28. The third-order valence-corrected chi connectivity index (χ3v) is 1.95. The Labute approximate surface area is 81.4 Å². The Morgan fingerprint density at radius 2 is 2.50 bits per heavy atom. The molecule has 0 radical (unpaired) electrons. The highest BCUT2D eigenvalue weighted by Gasteiger charge is 1.95. The smallest absolute Gasteiger partial charge is 0.0362 e. The van der Waals surface area contributed by atoms with Gasteiger partial charge in [0.15, 0.2) is 0 Å². The topological polar surface area (TPSA) is 17.0 Å². The van der Waals surface area contributed by atoms with Gasteiger partial charge in [0.1, 0.15) is 0 Å². The van der Waals surface area contributed by atoms with E-state index in [9.17, 15) is 0 Å². The zero-order valence-electron chi connectivity index (χ0n) is 7.18. The van der Waals surface area contributed by atoms with Crippen LogP contribution in [0.4, 0.5) is 0 Å². The van der Waals surface area contributed by atoms with E-state index in [1.165, 1.54) is 5.69 Å². The Balaban J connectivity index is 2.33. The molecule has 1 aromatic heterocycles. The van der Waals surface area contributed by atoms with Gasteiger partial charge in [0.2, 0.25) is 0 Å². The van der Waals surface area contributed by atoms with Crippen molar-refractivity contribution < 1.29 is 0 Å². The molecule has 0 unspecified atom stereocenters. The van der Waals surface area contributed by atoms with Crippen LogP contribution >= 0.6 is 15.9 Å². The van der Waals surface area contributed by atoms with Gasteiger partial charge in [0.05, 0.1) is 0 Å². The van der Waals surface area contributed by atoms with Crippen molar-refractivity contribution in [1.82, 2.24) is 9.88 Å². The summed E-state index contributed by atoms with van der Waals surface area (Å²) in [5, 5.41) is 3.26. The van der Waals surface area contributed by atoms with Crippen molar-refractivity contribution in [2.75, 3.05) is 6.54 Å². The van der Waals surface area contributed by atoms with Crippen molar-refractivity contribution in [3.63, 3.8) is 0 Å². The van der Waals surface area contributed by atoms with Crippen LogP contribution < -0.4 is 5.32 Å². The molecule has 1 heterocycles. The maximum absolute atomic E-state index is 3.74. The predicted octanol–water partition coefficient (Wildman–Crippen LogP) is 2.02. The quantitative estimate of drug-likeness (QED) is 0.835. The summed E-state index contributed by atoms with van der Waals surface area (Å²) in [4.78, 5) is 0. The maximum atomic E-state index is 3.74. The molecule has 2 nitrogen and oxygen atoms in total. The van der Waals surface area contributed by atoms with Crippen LogP contribution in [0.2, 0.25) is 0 Å². The van der Waals surface area contributed by atoms with Gasteiger partial charge in [-0.05, 0) is 12.1 Å². The summed E-state index contributed by atoms with van der Waals surface area (Å²) in [7, 11) is 2.04. The van der Waals surface area contributed by atoms with Gasteiger partial charge in [-0.2, -0.15) is 0 Å². The zero-order chi connectivity index (χ0) is 8.97. The van der Waals surface area contributed by atoms with E-state index in [4.69, 9.17) is 0 Å². The van der Waals surface area contributed by atoms with Crippen LogP contribution in [0.5, 0.6) is 0 Å². The first-order valence-corrected chi connectivity index (χ1v) is 4.63. The summed E-state index contributed by atoms with van der Waals surface area (Å²) < 4.78 is 3.08. The third-order valence-electron chi connectivity index (χ3n) is 1.67. The van der Waals surface area contributed by atoms with E-state index in [2.05, 4.69) is 38.5 Å². The highest BCUT2D eigenvalue weighted by Crippen LogP contribution is 2.00. The van der Waals surface area contributed by atoms with E-state index < -0.39 is 0 Å². The number of rotatable bonds is 4. The molecule has 0 aliphatic carbocycles. The van der Waals surface area contributed by atoms with Gasteiger partial charge in [0, 0.05) is 36.5 Å². The molecule has 1 aromatic rings. The van der Waals surface area contributed by atoms with Gasteiger partial charge in [-0.15, -0.1) is 0 Å². The molecule has 66 valence electrons. The Morgan fingerprint density at radius 3 is 3.00 bits per heavy atom. The van der Waals surface area contributed by atoms with Crippen LogP contribution in [0.25, 0.3) is 0 Å². The molecule has 1 rings (SSSR count). The van der Waals surface area contributed by atoms with E-state index in [1.807, 2.05) is 19.3 Å². The van der Waals surface area contributed by atoms with Crippen molar-refractivity contribution >= 4 is 15.9 Å². The number of halogens is 1. The van der Waals surface area contributed by atoms with Crippen molar-refractivity contribution in [2.24, 2.45) is 7.05 Å². The lowest BCUT2D eigenvalue weighted by molar-refractivity contribution is 0.699. The average Bonchev–Trinajstić information content (AvgIpc) is 2.36. The molecule has 1 N–H and O–H groups in total. The van der Waals surface area contributed by atoms with Gasteiger partial charge in [-0.25, -0.2) is 0 Å². The van der Waals surface area contributed by atoms with Gasteiger partial charge in [0.25, 0.3) is 0 Å². The minimum absolute atomic E-state index is 0.811. The van der Waals surface area contributed by atoms with Crippen LogP contribution in [-0.4, -0.2) is 11.1 Å². The van der Waals surface area contributed by atoms with Crippen molar-refractivity contribution in [1.29, 1.82) is 0 Å². The van der Waals surface area contributed by atoms with Crippen LogP contribution in [0.3, 0.4) is 0 Å². The van der Waals surface area contributed by atoms with E-state index in [-0.39, 0.29) is 0 Å². The van der Waals surface area contributed by atoms with Gasteiger partial charge in [-0.1, -0.05) is 22.5 Å². The molecule has 0 atom stereocenters. The highest BCUT2D eigenvalue weighted by atomic mass is 79.9. The van der Waals surface area contributed by atoms with Crippen molar-refractivity contribution in [2.45, 2.75) is 6.54 Å². The molecule has 0 saturated heterocycles. The van der Waals surface area contributed by atoms with Gasteiger partial charge < -0.3 is 9.88 Å². The van der Waals surface area contributed by atoms with Crippen molar-refractivity contribution in [3.8, 4) is 0 Å². The molecule has 0 aromatic carbocycles. The van der Waals surface area contributed by atoms with E-state index >= 15 is 0 Å².